The first-order chi connectivity index (χ1) is 7.13. The van der Waals surface area contributed by atoms with E-state index in [4.69, 9.17) is 10.00 Å². The number of methoxy groups -OCH3 is 2. The molecule has 4 nitrogen and oxygen atoms in total. The Labute approximate surface area is 95.5 Å². The van der Waals surface area contributed by atoms with Gasteiger partial charge in [0.05, 0.1) is 30.3 Å². The van der Waals surface area contributed by atoms with Crippen LogP contribution in [-0.2, 0) is 4.74 Å². The fourth-order valence-electron chi connectivity index (χ4n) is 1.13. The number of nitriles is 1. The van der Waals surface area contributed by atoms with E-state index in [-0.39, 0.29) is 5.56 Å². The first kappa shape index (κ1) is 11.5. The van der Waals surface area contributed by atoms with Gasteiger partial charge in [-0.1, -0.05) is 0 Å². The molecule has 1 aromatic carbocycles. The normalized spacial score (nSPS) is 9.20. The van der Waals surface area contributed by atoms with Crippen LogP contribution in [-0.4, -0.2) is 20.2 Å². The van der Waals surface area contributed by atoms with Gasteiger partial charge in [0, 0.05) is 0 Å². The average Bonchev–Trinajstić information content (AvgIpc) is 2.26. The van der Waals surface area contributed by atoms with Crippen LogP contribution in [0.5, 0.6) is 5.75 Å². The molecule has 1 aromatic rings. The largest absolute Gasteiger partial charge is 0.495 e. The lowest BCUT2D eigenvalue weighted by atomic mass is 10.1. The van der Waals surface area contributed by atoms with E-state index >= 15 is 0 Å². The first-order valence-electron chi connectivity index (χ1n) is 4.00. The van der Waals surface area contributed by atoms with Crippen molar-refractivity contribution in [2.24, 2.45) is 0 Å². The Morgan fingerprint density at radius 1 is 1.47 bits per heavy atom. The van der Waals surface area contributed by atoms with Crippen molar-refractivity contribution in [1.29, 1.82) is 5.26 Å². The Morgan fingerprint density at radius 3 is 2.60 bits per heavy atom. The van der Waals surface area contributed by atoms with Crippen molar-refractivity contribution in [3.8, 4) is 11.8 Å². The number of nitrogens with zero attached hydrogens (tertiary/aromatic N) is 1. The van der Waals surface area contributed by atoms with Crippen LogP contribution in [0.2, 0.25) is 0 Å². The molecule has 0 spiro atoms. The summed E-state index contributed by atoms with van der Waals surface area (Å²) in [5.41, 5.74) is 0.592. The molecule has 0 aliphatic carbocycles. The molecule has 0 aliphatic rings. The van der Waals surface area contributed by atoms with Gasteiger partial charge in [0.25, 0.3) is 0 Å². The minimum Gasteiger partial charge on any atom is -0.495 e. The molecule has 0 saturated carbocycles. The van der Waals surface area contributed by atoms with Crippen molar-refractivity contribution >= 4 is 21.9 Å². The van der Waals surface area contributed by atoms with E-state index in [1.54, 1.807) is 6.07 Å². The van der Waals surface area contributed by atoms with Gasteiger partial charge in [-0.25, -0.2) is 4.79 Å². The summed E-state index contributed by atoms with van der Waals surface area (Å²) >= 11 is 3.21. The van der Waals surface area contributed by atoms with E-state index in [0.29, 0.717) is 15.8 Å². The molecule has 0 fully saturated rings. The summed E-state index contributed by atoms with van der Waals surface area (Å²) in [7, 11) is 2.72. The number of halogens is 1. The molecule has 78 valence electrons. The summed E-state index contributed by atoms with van der Waals surface area (Å²) in [5.74, 6) is -0.175. The number of rotatable bonds is 2. The van der Waals surface area contributed by atoms with Crippen molar-refractivity contribution < 1.29 is 14.3 Å². The SMILES string of the molecule is COC(=O)c1cc(C#N)cc(Br)c1OC. The zero-order valence-electron chi connectivity index (χ0n) is 8.20. The summed E-state index contributed by atoms with van der Waals surface area (Å²) in [6, 6.07) is 4.95. The van der Waals surface area contributed by atoms with Gasteiger partial charge < -0.3 is 9.47 Å². The van der Waals surface area contributed by atoms with Crippen molar-refractivity contribution in [2.45, 2.75) is 0 Å². The number of hydrogen-bond acceptors (Lipinski definition) is 4. The maximum atomic E-state index is 11.4. The quantitative estimate of drug-likeness (QED) is 0.772. The molecule has 15 heavy (non-hydrogen) atoms. The number of hydrogen-bond donors (Lipinski definition) is 0. The van der Waals surface area contributed by atoms with Gasteiger partial charge >= 0.3 is 5.97 Å². The van der Waals surface area contributed by atoms with Crippen molar-refractivity contribution in [3.63, 3.8) is 0 Å². The van der Waals surface area contributed by atoms with Crippen LogP contribution in [0.4, 0.5) is 0 Å². The zero-order valence-corrected chi connectivity index (χ0v) is 9.79. The number of carbonyl (C=O) groups is 1. The molecule has 0 aromatic heterocycles. The number of esters is 1. The second-order valence-electron chi connectivity index (χ2n) is 2.64. The molecule has 0 aliphatic heterocycles. The predicted octanol–water partition coefficient (Wildman–Crippen LogP) is 2.12. The second-order valence-corrected chi connectivity index (χ2v) is 3.50. The fraction of sp³-hybridized carbons (Fsp3) is 0.200. The van der Waals surface area contributed by atoms with Gasteiger partial charge in [0.1, 0.15) is 11.3 Å². The first-order valence-corrected chi connectivity index (χ1v) is 4.79. The highest BCUT2D eigenvalue weighted by Gasteiger charge is 2.16. The Hall–Kier alpha value is -1.54. The molecule has 1 rings (SSSR count). The molecule has 0 amide bonds. The van der Waals surface area contributed by atoms with Crippen LogP contribution in [0.15, 0.2) is 16.6 Å². The van der Waals surface area contributed by atoms with Crippen molar-refractivity contribution in [2.75, 3.05) is 14.2 Å². The van der Waals surface area contributed by atoms with Crippen LogP contribution >= 0.6 is 15.9 Å². The number of ether oxygens (including phenoxy) is 2. The number of benzene rings is 1. The van der Waals surface area contributed by atoms with Crippen LogP contribution in [0.3, 0.4) is 0 Å². The summed E-state index contributed by atoms with van der Waals surface area (Å²) in [6.45, 7) is 0. The zero-order chi connectivity index (χ0) is 11.4. The molecular formula is C10H8BrNO3. The monoisotopic (exact) mass is 269 g/mol. The second kappa shape index (κ2) is 4.80. The van der Waals surface area contributed by atoms with E-state index in [9.17, 15) is 4.79 Å². The Morgan fingerprint density at radius 2 is 2.13 bits per heavy atom. The van der Waals surface area contributed by atoms with Crippen LogP contribution in [0.25, 0.3) is 0 Å². The third kappa shape index (κ3) is 2.28. The number of carbonyl (C=O) groups excluding carboxylic acids is 1. The molecule has 0 heterocycles. The fourth-order valence-corrected chi connectivity index (χ4v) is 1.75. The predicted molar refractivity (Wildman–Crippen MR) is 56.7 cm³/mol. The van der Waals surface area contributed by atoms with E-state index in [2.05, 4.69) is 20.7 Å². The smallest absolute Gasteiger partial charge is 0.341 e. The average molecular weight is 270 g/mol. The molecular weight excluding hydrogens is 262 g/mol. The summed E-state index contributed by atoms with van der Waals surface area (Å²) in [6.07, 6.45) is 0. The van der Waals surface area contributed by atoms with Crippen molar-refractivity contribution in [1.82, 2.24) is 0 Å². The molecule has 5 heteroatoms. The summed E-state index contributed by atoms with van der Waals surface area (Å²) < 4.78 is 10.2. The molecule has 0 saturated heterocycles. The lowest BCUT2D eigenvalue weighted by molar-refractivity contribution is 0.0597. The maximum Gasteiger partial charge on any atom is 0.341 e. The molecule has 0 atom stereocenters. The van der Waals surface area contributed by atoms with Gasteiger partial charge in [0.2, 0.25) is 0 Å². The van der Waals surface area contributed by atoms with Crippen LogP contribution < -0.4 is 4.74 Å². The molecule has 0 N–H and O–H groups in total. The van der Waals surface area contributed by atoms with Gasteiger partial charge in [-0.2, -0.15) is 5.26 Å². The third-order valence-electron chi connectivity index (χ3n) is 1.78. The summed E-state index contributed by atoms with van der Waals surface area (Å²) in [5, 5.41) is 8.74. The highest BCUT2D eigenvalue weighted by Crippen LogP contribution is 2.30. The highest BCUT2D eigenvalue weighted by molar-refractivity contribution is 9.10. The van der Waals surface area contributed by atoms with Gasteiger partial charge in [-0.05, 0) is 28.1 Å². The molecule has 0 bridgehead atoms. The minimum atomic E-state index is -0.537. The lowest BCUT2D eigenvalue weighted by Crippen LogP contribution is -2.05. The van der Waals surface area contributed by atoms with E-state index in [1.807, 2.05) is 6.07 Å². The minimum absolute atomic E-state index is 0.228. The van der Waals surface area contributed by atoms with E-state index in [0.717, 1.165) is 0 Å². The lowest BCUT2D eigenvalue weighted by Gasteiger charge is -2.08. The highest BCUT2D eigenvalue weighted by atomic mass is 79.9. The standard InChI is InChI=1S/C10H8BrNO3/c1-14-9-7(10(13)15-2)3-6(5-12)4-8(9)11/h3-4H,1-2H3. The summed E-state index contributed by atoms with van der Waals surface area (Å²) in [4.78, 5) is 11.4. The Balaban J connectivity index is 3.40. The van der Waals surface area contributed by atoms with Gasteiger partial charge in [0.15, 0.2) is 0 Å². The Kier molecular flexibility index (Phi) is 3.69. The topological polar surface area (TPSA) is 59.3 Å². The Bertz CT molecular complexity index is 437. The van der Waals surface area contributed by atoms with Gasteiger partial charge in [-0.15, -0.1) is 0 Å². The molecule has 0 radical (unpaired) electrons. The van der Waals surface area contributed by atoms with E-state index < -0.39 is 5.97 Å². The molecule has 0 unspecified atom stereocenters. The van der Waals surface area contributed by atoms with Crippen molar-refractivity contribution in [3.05, 3.63) is 27.7 Å². The van der Waals surface area contributed by atoms with E-state index in [1.165, 1.54) is 20.3 Å². The van der Waals surface area contributed by atoms with Crippen LogP contribution in [0, 0.1) is 11.3 Å². The maximum absolute atomic E-state index is 11.4. The third-order valence-corrected chi connectivity index (χ3v) is 2.37. The van der Waals surface area contributed by atoms with Crippen LogP contribution in [0.1, 0.15) is 15.9 Å². The van der Waals surface area contributed by atoms with Gasteiger partial charge in [-0.3, -0.25) is 0 Å².